The van der Waals surface area contributed by atoms with E-state index in [4.69, 9.17) is 0 Å². The number of aromatic nitrogens is 2. The maximum absolute atomic E-state index is 12.1. The summed E-state index contributed by atoms with van der Waals surface area (Å²) in [6.45, 7) is 0. The van der Waals surface area contributed by atoms with Crippen molar-refractivity contribution in [3.05, 3.63) is 63.1 Å². The van der Waals surface area contributed by atoms with Crippen molar-refractivity contribution >= 4 is 27.3 Å². The predicted octanol–water partition coefficient (Wildman–Crippen LogP) is 2.36. The first-order valence-corrected chi connectivity index (χ1v) is 6.16. The largest absolute Gasteiger partial charge is 0.287 e. The molecule has 0 aliphatic carbocycles. The van der Waals surface area contributed by atoms with E-state index < -0.39 is 4.92 Å². The van der Waals surface area contributed by atoms with Crippen LogP contribution < -0.4 is 5.56 Å². The maximum Gasteiger partial charge on any atom is 0.287 e. The number of hydrogen-bond donors (Lipinski definition) is 0. The van der Waals surface area contributed by atoms with Crippen molar-refractivity contribution < 1.29 is 4.92 Å². The second kappa shape index (κ2) is 4.29. The van der Waals surface area contributed by atoms with Gasteiger partial charge in [0.05, 0.1) is 15.0 Å². The smallest absolute Gasteiger partial charge is 0.267 e. The average Bonchev–Trinajstić information content (AvgIpc) is 2.77. The third-order valence-electron chi connectivity index (χ3n) is 2.64. The summed E-state index contributed by atoms with van der Waals surface area (Å²) in [7, 11) is 0. The van der Waals surface area contributed by atoms with Crippen molar-refractivity contribution in [3.63, 3.8) is 0 Å². The Morgan fingerprint density at radius 1 is 1.21 bits per heavy atom. The molecule has 7 heteroatoms. The van der Waals surface area contributed by atoms with Crippen LogP contribution >= 0.6 is 11.5 Å². The molecule has 0 bridgehead atoms. The third kappa shape index (κ3) is 1.89. The van der Waals surface area contributed by atoms with Gasteiger partial charge in [0.25, 0.3) is 11.2 Å². The van der Waals surface area contributed by atoms with Gasteiger partial charge < -0.3 is 0 Å². The molecule has 0 aliphatic rings. The highest BCUT2D eigenvalue weighted by Gasteiger charge is 2.11. The average molecular weight is 273 g/mol. The van der Waals surface area contributed by atoms with Gasteiger partial charge in [-0.2, -0.15) is 0 Å². The topological polar surface area (TPSA) is 78.0 Å². The molecule has 94 valence electrons. The molecular formula is C12H7N3O3S. The number of pyridine rings is 1. The van der Waals surface area contributed by atoms with Crippen molar-refractivity contribution in [1.82, 2.24) is 8.94 Å². The van der Waals surface area contributed by atoms with Gasteiger partial charge in [-0.05, 0) is 29.7 Å². The van der Waals surface area contributed by atoms with Crippen LogP contribution in [0, 0.1) is 10.1 Å². The molecule has 0 saturated heterocycles. The second-order valence-corrected chi connectivity index (χ2v) is 4.81. The fraction of sp³-hybridized carbons (Fsp3) is 0. The van der Waals surface area contributed by atoms with Crippen molar-refractivity contribution in [2.75, 3.05) is 0 Å². The highest BCUT2D eigenvalue weighted by atomic mass is 32.1. The summed E-state index contributed by atoms with van der Waals surface area (Å²) in [6, 6.07) is 10.0. The van der Waals surface area contributed by atoms with E-state index in [1.54, 1.807) is 12.1 Å². The molecule has 0 aliphatic heterocycles. The minimum absolute atomic E-state index is 0.0992. The van der Waals surface area contributed by atoms with Gasteiger partial charge >= 0.3 is 0 Å². The minimum Gasteiger partial charge on any atom is -0.267 e. The highest BCUT2D eigenvalue weighted by molar-refractivity contribution is 7.14. The lowest BCUT2D eigenvalue weighted by Gasteiger charge is -1.97. The Morgan fingerprint density at radius 2 is 2.00 bits per heavy atom. The molecule has 2 heterocycles. The molecule has 19 heavy (non-hydrogen) atoms. The molecule has 0 radical (unpaired) electrons. The quantitative estimate of drug-likeness (QED) is 0.530. The Bertz CT molecular complexity index is 820. The van der Waals surface area contributed by atoms with Crippen LogP contribution in [0.1, 0.15) is 0 Å². The Balaban J connectivity index is 2.16. The molecule has 3 rings (SSSR count). The maximum atomic E-state index is 12.1. The summed E-state index contributed by atoms with van der Waals surface area (Å²) in [4.78, 5) is 26.1. The zero-order valence-corrected chi connectivity index (χ0v) is 10.3. The Kier molecular flexibility index (Phi) is 2.60. The van der Waals surface area contributed by atoms with Crippen molar-refractivity contribution in [2.45, 2.75) is 0 Å². The fourth-order valence-electron chi connectivity index (χ4n) is 1.73. The normalized spacial score (nSPS) is 10.7. The Morgan fingerprint density at radius 3 is 2.63 bits per heavy atom. The number of benzene rings is 1. The molecule has 0 atom stereocenters. The van der Waals surface area contributed by atoms with Crippen LogP contribution in [0.2, 0.25) is 0 Å². The van der Waals surface area contributed by atoms with Gasteiger partial charge in [0.1, 0.15) is 12.0 Å². The number of nitro groups is 1. The lowest BCUT2D eigenvalue weighted by Crippen LogP contribution is -2.11. The van der Waals surface area contributed by atoms with E-state index in [1.807, 2.05) is 12.1 Å². The molecule has 0 saturated carbocycles. The molecule has 3 aromatic rings. The van der Waals surface area contributed by atoms with Gasteiger partial charge in [-0.3, -0.25) is 14.9 Å². The summed E-state index contributed by atoms with van der Waals surface area (Å²) in [5.74, 6) is 0.386. The molecule has 1 aromatic carbocycles. The van der Waals surface area contributed by atoms with Gasteiger partial charge in [-0.1, -0.05) is 12.1 Å². The van der Waals surface area contributed by atoms with Crippen LogP contribution in [0.4, 0.5) is 5.69 Å². The molecule has 6 nitrogen and oxygen atoms in total. The molecule has 0 fully saturated rings. The standard InChI is InChI=1S/C12H7N3O3S/c16-12-9-3-1-2-4-10(9)19-14(12)11-6-5-8(7-13-11)15(17)18/h1-7H. The van der Waals surface area contributed by atoms with E-state index >= 15 is 0 Å². The zero-order chi connectivity index (χ0) is 13.4. The lowest BCUT2D eigenvalue weighted by atomic mass is 10.3. The summed E-state index contributed by atoms with van der Waals surface area (Å²) in [5, 5.41) is 11.2. The number of fused-ring (bicyclic) bond motifs is 1. The van der Waals surface area contributed by atoms with E-state index in [9.17, 15) is 14.9 Å². The van der Waals surface area contributed by atoms with Gasteiger partial charge in [0.15, 0.2) is 0 Å². The SMILES string of the molecule is O=c1c2ccccc2sn1-c1ccc([N+](=O)[O-])cn1. The van der Waals surface area contributed by atoms with Crippen LogP contribution in [-0.4, -0.2) is 13.9 Å². The molecule has 0 spiro atoms. The van der Waals surface area contributed by atoms with Crippen LogP contribution in [0.25, 0.3) is 15.9 Å². The summed E-state index contributed by atoms with van der Waals surface area (Å²) < 4.78 is 2.28. The molecule has 0 N–H and O–H groups in total. The van der Waals surface area contributed by atoms with E-state index in [0.717, 1.165) is 10.9 Å². The monoisotopic (exact) mass is 273 g/mol. The Labute approximate surface area is 110 Å². The number of hydrogen-bond acceptors (Lipinski definition) is 5. The van der Waals surface area contributed by atoms with Gasteiger partial charge in [0.2, 0.25) is 0 Å². The van der Waals surface area contributed by atoms with E-state index in [-0.39, 0.29) is 11.2 Å². The highest BCUT2D eigenvalue weighted by Crippen LogP contribution is 2.19. The van der Waals surface area contributed by atoms with Gasteiger partial charge in [-0.15, -0.1) is 0 Å². The second-order valence-electron chi connectivity index (χ2n) is 3.82. The van der Waals surface area contributed by atoms with Gasteiger partial charge in [-0.25, -0.2) is 8.94 Å². The molecule has 0 unspecified atom stereocenters. The summed E-state index contributed by atoms with van der Waals surface area (Å²) in [6.07, 6.45) is 1.14. The lowest BCUT2D eigenvalue weighted by molar-refractivity contribution is -0.385. The van der Waals surface area contributed by atoms with Crippen LogP contribution in [-0.2, 0) is 0 Å². The Hall–Kier alpha value is -2.54. The zero-order valence-electron chi connectivity index (χ0n) is 9.52. The fourth-order valence-corrected chi connectivity index (χ4v) is 2.70. The summed E-state index contributed by atoms with van der Waals surface area (Å²) >= 11 is 1.26. The first-order chi connectivity index (χ1) is 9.16. The van der Waals surface area contributed by atoms with Crippen molar-refractivity contribution in [2.24, 2.45) is 0 Å². The van der Waals surface area contributed by atoms with Crippen LogP contribution in [0.15, 0.2) is 47.4 Å². The number of nitrogens with zero attached hydrogens (tertiary/aromatic N) is 3. The van der Waals surface area contributed by atoms with E-state index in [1.165, 1.54) is 27.6 Å². The minimum atomic E-state index is -0.523. The van der Waals surface area contributed by atoms with Gasteiger partial charge in [0, 0.05) is 6.07 Å². The van der Waals surface area contributed by atoms with Crippen LogP contribution in [0.5, 0.6) is 0 Å². The van der Waals surface area contributed by atoms with Crippen LogP contribution in [0.3, 0.4) is 0 Å². The first-order valence-electron chi connectivity index (χ1n) is 5.39. The molecular weight excluding hydrogens is 266 g/mol. The number of rotatable bonds is 2. The van der Waals surface area contributed by atoms with E-state index in [2.05, 4.69) is 4.98 Å². The van der Waals surface area contributed by atoms with Crippen molar-refractivity contribution in [1.29, 1.82) is 0 Å². The first kappa shape index (κ1) is 11.5. The molecule has 0 amide bonds. The third-order valence-corrected chi connectivity index (χ3v) is 3.73. The molecule has 2 aromatic heterocycles. The summed E-state index contributed by atoms with van der Waals surface area (Å²) in [5.41, 5.74) is -0.264. The predicted molar refractivity (Wildman–Crippen MR) is 71.9 cm³/mol. The van der Waals surface area contributed by atoms with E-state index in [0.29, 0.717) is 11.2 Å². The van der Waals surface area contributed by atoms with Crippen molar-refractivity contribution in [3.8, 4) is 5.82 Å².